The third kappa shape index (κ3) is 7.66. The molecule has 1 N–H and O–H groups in total. The van der Waals surface area contributed by atoms with E-state index in [9.17, 15) is 14.4 Å². The van der Waals surface area contributed by atoms with Crippen molar-refractivity contribution in [1.29, 1.82) is 0 Å². The van der Waals surface area contributed by atoms with Crippen LogP contribution in [0.25, 0.3) is 0 Å². The number of nitrogens with zero attached hydrogens (tertiary/aromatic N) is 4. The minimum Gasteiger partial charge on any atom is -0.497 e. The van der Waals surface area contributed by atoms with Crippen molar-refractivity contribution in [3.63, 3.8) is 0 Å². The SMILES string of the molecule is COc1ccc(N=C(/N=C\C2CCCCN(CC(=O)N3CCCC3)C2=O)NC(=O)c2cccc(OC)c2)cc1. The van der Waals surface area contributed by atoms with Crippen molar-refractivity contribution >= 4 is 35.6 Å². The highest BCUT2D eigenvalue weighted by Crippen LogP contribution is 2.20. The first-order valence-electron chi connectivity index (χ1n) is 13.3. The first-order valence-corrected chi connectivity index (χ1v) is 13.3. The van der Waals surface area contributed by atoms with Gasteiger partial charge in [0.2, 0.25) is 17.8 Å². The summed E-state index contributed by atoms with van der Waals surface area (Å²) >= 11 is 0. The highest BCUT2D eigenvalue weighted by atomic mass is 16.5. The third-order valence-electron chi connectivity index (χ3n) is 6.85. The van der Waals surface area contributed by atoms with Gasteiger partial charge in [0.15, 0.2) is 0 Å². The Morgan fingerprint density at radius 3 is 2.41 bits per heavy atom. The fourth-order valence-corrected chi connectivity index (χ4v) is 4.63. The van der Waals surface area contributed by atoms with E-state index in [4.69, 9.17) is 9.47 Å². The average molecular weight is 534 g/mol. The first-order chi connectivity index (χ1) is 19.0. The largest absolute Gasteiger partial charge is 0.497 e. The number of likely N-dealkylation sites (tertiary alicyclic amines) is 2. The van der Waals surface area contributed by atoms with Gasteiger partial charge in [-0.15, -0.1) is 0 Å². The molecule has 2 heterocycles. The molecule has 2 aliphatic rings. The van der Waals surface area contributed by atoms with Crippen molar-refractivity contribution < 1.29 is 23.9 Å². The van der Waals surface area contributed by atoms with E-state index in [-0.39, 0.29) is 24.3 Å². The van der Waals surface area contributed by atoms with Crippen LogP contribution < -0.4 is 14.8 Å². The van der Waals surface area contributed by atoms with Gasteiger partial charge >= 0.3 is 0 Å². The van der Waals surface area contributed by atoms with Crippen molar-refractivity contribution in [3.05, 3.63) is 54.1 Å². The van der Waals surface area contributed by atoms with Crippen LogP contribution in [0.2, 0.25) is 0 Å². The summed E-state index contributed by atoms with van der Waals surface area (Å²) in [5.41, 5.74) is 0.933. The zero-order valence-corrected chi connectivity index (χ0v) is 22.5. The molecule has 0 spiro atoms. The van der Waals surface area contributed by atoms with Crippen LogP contribution in [0.4, 0.5) is 5.69 Å². The highest BCUT2D eigenvalue weighted by Gasteiger charge is 2.29. The van der Waals surface area contributed by atoms with E-state index in [0.29, 0.717) is 35.7 Å². The predicted molar refractivity (Wildman–Crippen MR) is 149 cm³/mol. The van der Waals surface area contributed by atoms with E-state index in [1.807, 2.05) is 4.90 Å². The summed E-state index contributed by atoms with van der Waals surface area (Å²) in [6, 6.07) is 13.8. The first kappa shape index (κ1) is 27.8. The number of rotatable bonds is 7. The van der Waals surface area contributed by atoms with Crippen LogP contribution in [0.15, 0.2) is 58.5 Å². The molecule has 4 rings (SSSR count). The van der Waals surface area contributed by atoms with Gasteiger partial charge in [0, 0.05) is 31.4 Å². The summed E-state index contributed by atoms with van der Waals surface area (Å²) in [5.74, 6) is 0.193. The molecule has 0 aromatic heterocycles. The summed E-state index contributed by atoms with van der Waals surface area (Å²) in [7, 11) is 3.11. The van der Waals surface area contributed by atoms with Gasteiger partial charge < -0.3 is 19.3 Å². The number of carbonyl (C=O) groups excluding carboxylic acids is 3. The molecular weight excluding hydrogens is 498 g/mol. The predicted octanol–water partition coefficient (Wildman–Crippen LogP) is 3.44. The zero-order chi connectivity index (χ0) is 27.6. The maximum Gasteiger partial charge on any atom is 0.258 e. The molecule has 2 saturated heterocycles. The number of amides is 3. The number of hydrogen-bond donors (Lipinski definition) is 1. The number of ether oxygens (including phenoxy) is 2. The molecule has 10 nitrogen and oxygen atoms in total. The molecule has 3 amide bonds. The normalized spacial score (nSPS) is 18.3. The second kappa shape index (κ2) is 13.5. The van der Waals surface area contributed by atoms with Gasteiger partial charge in [-0.3, -0.25) is 19.7 Å². The maximum absolute atomic E-state index is 13.4. The van der Waals surface area contributed by atoms with Crippen LogP contribution in [0.3, 0.4) is 0 Å². The number of nitrogens with one attached hydrogen (secondary N) is 1. The standard InChI is InChI=1S/C29H35N5O5/c1-38-24-13-11-23(12-14-24)31-29(32-27(36)21-9-7-10-25(18-21)39-2)30-19-22-8-3-4-17-34(28(22)37)20-26(35)33-15-5-6-16-33/h7,9-14,18-19,22H,3-6,8,15-17,20H2,1-2H3,(H,31,32,36)/b30-19-. The van der Waals surface area contributed by atoms with Gasteiger partial charge in [0.1, 0.15) is 11.5 Å². The van der Waals surface area contributed by atoms with Crippen molar-refractivity contribution in [2.45, 2.75) is 32.1 Å². The molecule has 0 bridgehead atoms. The number of hydrogen-bond acceptors (Lipinski definition) is 6. The molecule has 2 fully saturated rings. The van der Waals surface area contributed by atoms with E-state index in [2.05, 4.69) is 15.3 Å². The molecule has 10 heteroatoms. The Hall–Kier alpha value is -4.21. The second-order valence-electron chi connectivity index (χ2n) is 9.55. The number of benzene rings is 2. The van der Waals surface area contributed by atoms with Crippen LogP contribution in [0.5, 0.6) is 11.5 Å². The minimum absolute atomic E-state index is 0.00857. The van der Waals surface area contributed by atoms with E-state index in [1.54, 1.807) is 60.5 Å². The smallest absolute Gasteiger partial charge is 0.258 e. The monoisotopic (exact) mass is 533 g/mol. The fourth-order valence-electron chi connectivity index (χ4n) is 4.63. The molecule has 0 aliphatic carbocycles. The van der Waals surface area contributed by atoms with Gasteiger partial charge in [0.05, 0.1) is 32.4 Å². The lowest BCUT2D eigenvalue weighted by atomic mass is 10.0. The zero-order valence-electron chi connectivity index (χ0n) is 22.5. The maximum atomic E-state index is 13.4. The fraction of sp³-hybridized carbons (Fsp3) is 0.414. The van der Waals surface area contributed by atoms with Crippen LogP contribution in [-0.4, -0.2) is 80.1 Å². The molecule has 1 atom stereocenters. The average Bonchev–Trinajstić information content (AvgIpc) is 3.45. The number of aliphatic imine (C=N–C) groups is 2. The van der Waals surface area contributed by atoms with Crippen LogP contribution in [0, 0.1) is 5.92 Å². The number of methoxy groups -OCH3 is 2. The molecule has 39 heavy (non-hydrogen) atoms. The topological polar surface area (TPSA) is 113 Å². The van der Waals surface area contributed by atoms with Gasteiger partial charge in [-0.05, 0) is 68.1 Å². The summed E-state index contributed by atoms with van der Waals surface area (Å²) < 4.78 is 10.4. The molecule has 206 valence electrons. The highest BCUT2D eigenvalue weighted by molar-refractivity contribution is 6.09. The molecular formula is C29H35N5O5. The van der Waals surface area contributed by atoms with Crippen molar-refractivity contribution in [2.75, 3.05) is 40.4 Å². The summed E-state index contributed by atoms with van der Waals surface area (Å²) in [6.45, 7) is 2.14. The molecule has 0 saturated carbocycles. The van der Waals surface area contributed by atoms with Crippen molar-refractivity contribution in [1.82, 2.24) is 15.1 Å². The summed E-state index contributed by atoms with van der Waals surface area (Å²) in [4.78, 5) is 51.5. The Kier molecular flexibility index (Phi) is 9.66. The Balaban J connectivity index is 1.53. The molecule has 2 aliphatic heterocycles. The van der Waals surface area contributed by atoms with Crippen LogP contribution >= 0.6 is 0 Å². The Morgan fingerprint density at radius 1 is 0.974 bits per heavy atom. The Morgan fingerprint density at radius 2 is 1.69 bits per heavy atom. The van der Waals surface area contributed by atoms with E-state index < -0.39 is 11.8 Å². The molecule has 1 unspecified atom stereocenters. The van der Waals surface area contributed by atoms with Gasteiger partial charge in [-0.1, -0.05) is 12.5 Å². The Bertz CT molecular complexity index is 1220. The summed E-state index contributed by atoms with van der Waals surface area (Å²) in [5, 5.41) is 2.75. The number of carbonyl (C=O) groups is 3. The van der Waals surface area contributed by atoms with Gasteiger partial charge in [-0.25, -0.2) is 9.98 Å². The van der Waals surface area contributed by atoms with Gasteiger partial charge in [0.25, 0.3) is 5.91 Å². The lowest BCUT2D eigenvalue weighted by molar-refractivity contribution is -0.140. The van der Waals surface area contributed by atoms with E-state index in [0.717, 1.165) is 38.8 Å². The van der Waals surface area contributed by atoms with Gasteiger partial charge in [-0.2, -0.15) is 0 Å². The van der Waals surface area contributed by atoms with Crippen LogP contribution in [0.1, 0.15) is 42.5 Å². The molecule has 0 radical (unpaired) electrons. The van der Waals surface area contributed by atoms with Crippen LogP contribution in [-0.2, 0) is 9.59 Å². The second-order valence-corrected chi connectivity index (χ2v) is 9.55. The van der Waals surface area contributed by atoms with E-state index >= 15 is 0 Å². The Labute approximate surface area is 228 Å². The van der Waals surface area contributed by atoms with E-state index in [1.165, 1.54) is 13.3 Å². The quantitative estimate of drug-likeness (QED) is 0.433. The van der Waals surface area contributed by atoms with Crippen molar-refractivity contribution in [2.24, 2.45) is 15.9 Å². The minimum atomic E-state index is -0.520. The third-order valence-corrected chi connectivity index (χ3v) is 6.85. The number of guanidine groups is 1. The molecule has 2 aromatic rings. The lowest BCUT2D eigenvalue weighted by Crippen LogP contribution is -2.44. The summed E-state index contributed by atoms with van der Waals surface area (Å²) in [6.07, 6.45) is 5.81. The lowest BCUT2D eigenvalue weighted by Gasteiger charge is -2.25. The molecule has 2 aromatic carbocycles. The van der Waals surface area contributed by atoms with Crippen molar-refractivity contribution in [3.8, 4) is 11.5 Å².